The summed E-state index contributed by atoms with van der Waals surface area (Å²) in [7, 11) is -3.32. The zero-order valence-electron chi connectivity index (χ0n) is 13.1. The van der Waals surface area contributed by atoms with Gasteiger partial charge in [0.2, 0.25) is 0 Å². The van der Waals surface area contributed by atoms with E-state index in [1.165, 1.54) is 11.4 Å². The van der Waals surface area contributed by atoms with Crippen molar-refractivity contribution in [2.45, 2.75) is 17.6 Å². The van der Waals surface area contributed by atoms with Crippen LogP contribution in [0.3, 0.4) is 0 Å². The lowest BCUT2D eigenvalue weighted by Crippen LogP contribution is -2.13. The van der Waals surface area contributed by atoms with Crippen molar-refractivity contribution in [1.29, 1.82) is 0 Å². The summed E-state index contributed by atoms with van der Waals surface area (Å²) >= 11 is 1.00. The second-order valence-electron chi connectivity index (χ2n) is 5.52. The quantitative estimate of drug-likeness (QED) is 0.817. The van der Waals surface area contributed by atoms with Gasteiger partial charge in [0.25, 0.3) is 5.91 Å². The average Bonchev–Trinajstić information content (AvgIpc) is 2.99. The predicted molar refractivity (Wildman–Crippen MR) is 92.3 cm³/mol. The number of amides is 1. The topological polar surface area (TPSA) is 101 Å². The second-order valence-corrected chi connectivity index (χ2v) is 8.67. The van der Waals surface area contributed by atoms with Crippen LogP contribution in [0.15, 0.2) is 39.9 Å². The van der Waals surface area contributed by atoms with Gasteiger partial charge in [-0.25, -0.2) is 8.42 Å². The van der Waals surface area contributed by atoms with E-state index < -0.39 is 27.6 Å². The van der Waals surface area contributed by atoms with Crippen LogP contribution in [0.1, 0.15) is 22.8 Å². The molecule has 2 rings (SSSR count). The standard InChI is InChI=1S/C16H17NO5S2/c1-10(16(19)20)7-11-3-5-13(6-4-11)17-15(18)12-8-14(23-9-12)24(2,21)22/h3-6,8-10H,7H2,1-2H3,(H,17,18)(H,19,20). The van der Waals surface area contributed by atoms with Crippen molar-refractivity contribution in [2.75, 3.05) is 11.6 Å². The van der Waals surface area contributed by atoms with E-state index in [9.17, 15) is 18.0 Å². The highest BCUT2D eigenvalue weighted by molar-refractivity contribution is 7.92. The summed E-state index contributed by atoms with van der Waals surface area (Å²) in [5, 5.41) is 13.1. The third-order valence-electron chi connectivity index (χ3n) is 3.38. The maximum atomic E-state index is 12.1. The van der Waals surface area contributed by atoms with Crippen LogP contribution in [-0.2, 0) is 21.1 Å². The highest BCUT2D eigenvalue weighted by Crippen LogP contribution is 2.21. The number of carbonyl (C=O) groups excluding carboxylic acids is 1. The fraction of sp³-hybridized carbons (Fsp3) is 0.250. The summed E-state index contributed by atoms with van der Waals surface area (Å²) < 4.78 is 23.0. The number of rotatable bonds is 6. The molecule has 24 heavy (non-hydrogen) atoms. The van der Waals surface area contributed by atoms with Gasteiger partial charge in [-0.05, 0) is 30.2 Å². The van der Waals surface area contributed by atoms with E-state index in [-0.39, 0.29) is 9.77 Å². The number of thiophene rings is 1. The lowest BCUT2D eigenvalue weighted by Gasteiger charge is -2.08. The minimum atomic E-state index is -3.32. The first-order valence-electron chi connectivity index (χ1n) is 7.08. The molecule has 0 saturated heterocycles. The van der Waals surface area contributed by atoms with E-state index in [4.69, 9.17) is 5.11 Å². The van der Waals surface area contributed by atoms with Crippen LogP contribution in [0.5, 0.6) is 0 Å². The average molecular weight is 367 g/mol. The Balaban J connectivity index is 2.04. The van der Waals surface area contributed by atoms with E-state index in [2.05, 4.69) is 5.32 Å². The number of sulfone groups is 1. The fourth-order valence-electron chi connectivity index (χ4n) is 2.00. The molecular weight excluding hydrogens is 350 g/mol. The van der Waals surface area contributed by atoms with Crippen LogP contribution in [-0.4, -0.2) is 31.7 Å². The van der Waals surface area contributed by atoms with Crippen molar-refractivity contribution in [3.8, 4) is 0 Å². The Hall–Kier alpha value is -2.19. The summed E-state index contributed by atoms with van der Waals surface area (Å²) in [6, 6.07) is 8.23. The number of nitrogens with one attached hydrogen (secondary N) is 1. The van der Waals surface area contributed by atoms with Crippen LogP contribution >= 0.6 is 11.3 Å². The molecule has 1 heterocycles. The molecule has 1 unspecified atom stereocenters. The smallest absolute Gasteiger partial charge is 0.306 e. The predicted octanol–water partition coefficient (Wildman–Crippen LogP) is 2.67. The van der Waals surface area contributed by atoms with E-state index in [0.717, 1.165) is 23.2 Å². The molecule has 0 saturated carbocycles. The van der Waals surface area contributed by atoms with Gasteiger partial charge in [-0.3, -0.25) is 9.59 Å². The maximum Gasteiger partial charge on any atom is 0.306 e. The third kappa shape index (κ3) is 4.65. The summed E-state index contributed by atoms with van der Waals surface area (Å²) in [6.07, 6.45) is 1.50. The number of benzene rings is 1. The highest BCUT2D eigenvalue weighted by atomic mass is 32.2. The van der Waals surface area contributed by atoms with Gasteiger partial charge in [0, 0.05) is 17.3 Å². The molecule has 0 aliphatic rings. The molecule has 6 nitrogen and oxygen atoms in total. The number of hydrogen-bond acceptors (Lipinski definition) is 5. The van der Waals surface area contributed by atoms with Gasteiger partial charge in [-0.2, -0.15) is 0 Å². The molecule has 0 bridgehead atoms. The highest BCUT2D eigenvalue weighted by Gasteiger charge is 2.15. The zero-order valence-corrected chi connectivity index (χ0v) is 14.8. The Kier molecular flexibility index (Phi) is 5.40. The molecular formula is C16H17NO5S2. The number of carboxylic acid groups (broad SMARTS) is 1. The molecule has 128 valence electrons. The molecule has 0 fully saturated rings. The van der Waals surface area contributed by atoms with E-state index in [1.54, 1.807) is 31.2 Å². The normalized spacial score (nSPS) is 12.6. The van der Waals surface area contributed by atoms with Crippen molar-refractivity contribution >= 4 is 38.7 Å². The molecule has 8 heteroatoms. The summed E-state index contributed by atoms with van der Waals surface area (Å²) in [5.74, 6) is -1.73. The van der Waals surface area contributed by atoms with Gasteiger partial charge in [-0.1, -0.05) is 19.1 Å². The van der Waals surface area contributed by atoms with Crippen molar-refractivity contribution < 1.29 is 23.1 Å². The van der Waals surface area contributed by atoms with Crippen LogP contribution in [0.4, 0.5) is 5.69 Å². The van der Waals surface area contributed by atoms with Crippen molar-refractivity contribution in [1.82, 2.24) is 0 Å². The minimum absolute atomic E-state index is 0.144. The molecule has 1 aromatic heterocycles. The molecule has 1 atom stereocenters. The molecule has 1 amide bonds. The molecule has 0 aliphatic heterocycles. The van der Waals surface area contributed by atoms with Gasteiger partial charge in [0.1, 0.15) is 4.21 Å². The van der Waals surface area contributed by atoms with Crippen LogP contribution in [0.2, 0.25) is 0 Å². The van der Waals surface area contributed by atoms with Crippen molar-refractivity contribution in [2.24, 2.45) is 5.92 Å². The van der Waals surface area contributed by atoms with E-state index in [0.29, 0.717) is 12.1 Å². The monoisotopic (exact) mass is 367 g/mol. The Labute approximate surface area is 144 Å². The van der Waals surface area contributed by atoms with E-state index >= 15 is 0 Å². The summed E-state index contributed by atoms with van der Waals surface area (Å²) in [4.78, 5) is 23.0. The Bertz CT molecular complexity index is 853. The first-order chi connectivity index (χ1) is 11.2. The summed E-state index contributed by atoms with van der Waals surface area (Å²) in [6.45, 7) is 1.63. The Morgan fingerprint density at radius 2 is 1.88 bits per heavy atom. The lowest BCUT2D eigenvalue weighted by molar-refractivity contribution is -0.141. The van der Waals surface area contributed by atoms with E-state index in [1.807, 2.05) is 0 Å². The second kappa shape index (κ2) is 7.14. The number of carboxylic acids is 1. The molecule has 1 aromatic carbocycles. The zero-order chi connectivity index (χ0) is 17.9. The van der Waals surface area contributed by atoms with Gasteiger partial charge >= 0.3 is 5.97 Å². The van der Waals surface area contributed by atoms with Crippen LogP contribution in [0, 0.1) is 5.92 Å². The molecule has 0 radical (unpaired) electrons. The number of carbonyl (C=O) groups is 2. The van der Waals surface area contributed by atoms with Gasteiger partial charge in [0.15, 0.2) is 9.84 Å². The molecule has 0 spiro atoms. The largest absolute Gasteiger partial charge is 0.481 e. The Morgan fingerprint density at radius 3 is 2.38 bits per heavy atom. The minimum Gasteiger partial charge on any atom is -0.481 e. The SMILES string of the molecule is CC(Cc1ccc(NC(=O)c2csc(S(C)(=O)=O)c2)cc1)C(=O)O. The van der Waals surface area contributed by atoms with Crippen molar-refractivity contribution in [3.05, 3.63) is 46.8 Å². The number of aliphatic carboxylic acids is 1. The Morgan fingerprint density at radius 1 is 1.25 bits per heavy atom. The number of anilines is 1. The van der Waals surface area contributed by atoms with Gasteiger partial charge < -0.3 is 10.4 Å². The van der Waals surface area contributed by atoms with Crippen LogP contribution in [0.25, 0.3) is 0 Å². The van der Waals surface area contributed by atoms with Crippen LogP contribution < -0.4 is 5.32 Å². The lowest BCUT2D eigenvalue weighted by atomic mass is 10.0. The first kappa shape index (κ1) is 18.2. The van der Waals surface area contributed by atoms with Crippen molar-refractivity contribution in [3.63, 3.8) is 0 Å². The third-order valence-corrected chi connectivity index (χ3v) is 6.15. The molecule has 2 N–H and O–H groups in total. The fourth-order valence-corrected chi connectivity index (χ4v) is 3.80. The van der Waals surface area contributed by atoms with Gasteiger partial charge in [-0.15, -0.1) is 11.3 Å². The maximum absolute atomic E-state index is 12.1. The van der Waals surface area contributed by atoms with Gasteiger partial charge in [0.05, 0.1) is 11.5 Å². The molecule has 2 aromatic rings. The first-order valence-corrected chi connectivity index (χ1v) is 9.85. The molecule has 0 aliphatic carbocycles. The number of hydrogen-bond donors (Lipinski definition) is 2. The summed E-state index contributed by atoms with van der Waals surface area (Å²) in [5.41, 5.74) is 1.70.